The molecule has 0 radical (unpaired) electrons. The number of amides is 3. The van der Waals surface area contributed by atoms with Gasteiger partial charge in [-0.15, -0.1) is 0 Å². The van der Waals surface area contributed by atoms with Crippen molar-refractivity contribution in [3.05, 3.63) is 0 Å². The quantitative estimate of drug-likeness (QED) is 0.712. The molecule has 4 N–H and O–H groups in total. The van der Waals surface area contributed by atoms with E-state index >= 15 is 0 Å². The molecule has 0 aliphatic carbocycles. The zero-order valence-electron chi connectivity index (χ0n) is 12.9. The summed E-state index contributed by atoms with van der Waals surface area (Å²) in [6.07, 6.45) is 1.28. The molecular formula is C14H25N3O4. The van der Waals surface area contributed by atoms with E-state index in [0.29, 0.717) is 19.5 Å². The number of nitrogens with two attached hydrogens (primary N) is 1. The Balaban J connectivity index is 2.68. The number of urea groups is 1. The molecular weight excluding hydrogens is 274 g/mol. The molecule has 7 nitrogen and oxygen atoms in total. The zero-order chi connectivity index (χ0) is 16.2. The van der Waals surface area contributed by atoms with E-state index in [4.69, 9.17) is 10.8 Å². The molecule has 1 aliphatic heterocycles. The summed E-state index contributed by atoms with van der Waals surface area (Å²) in [7, 11) is 0. The Bertz CT molecular complexity index is 417. The Kier molecular flexibility index (Phi) is 5.57. The van der Waals surface area contributed by atoms with E-state index in [-0.39, 0.29) is 23.8 Å². The second-order valence-corrected chi connectivity index (χ2v) is 6.65. The van der Waals surface area contributed by atoms with E-state index in [9.17, 15) is 14.4 Å². The van der Waals surface area contributed by atoms with Gasteiger partial charge in [0.05, 0.1) is 12.3 Å². The van der Waals surface area contributed by atoms with Crippen LogP contribution >= 0.6 is 0 Å². The van der Waals surface area contributed by atoms with Gasteiger partial charge >= 0.3 is 12.0 Å². The van der Waals surface area contributed by atoms with Gasteiger partial charge in [0.2, 0.25) is 5.91 Å². The van der Waals surface area contributed by atoms with Crippen molar-refractivity contribution < 1.29 is 19.5 Å². The van der Waals surface area contributed by atoms with Crippen LogP contribution in [0.25, 0.3) is 0 Å². The first-order valence-electron chi connectivity index (χ1n) is 7.18. The van der Waals surface area contributed by atoms with Gasteiger partial charge in [0, 0.05) is 19.1 Å². The number of carboxylic acids is 1. The lowest BCUT2D eigenvalue weighted by atomic mass is 9.85. The van der Waals surface area contributed by atoms with Crippen molar-refractivity contribution in [2.45, 2.75) is 46.1 Å². The summed E-state index contributed by atoms with van der Waals surface area (Å²) in [5.41, 5.74) is 4.92. The maximum absolute atomic E-state index is 12.3. The fourth-order valence-electron chi connectivity index (χ4n) is 2.38. The molecule has 2 unspecified atom stereocenters. The molecule has 7 heteroatoms. The average molecular weight is 299 g/mol. The Morgan fingerprint density at radius 1 is 1.38 bits per heavy atom. The molecule has 3 amide bonds. The van der Waals surface area contributed by atoms with E-state index in [1.165, 1.54) is 0 Å². The van der Waals surface area contributed by atoms with Crippen LogP contribution in [0.1, 0.15) is 40.0 Å². The predicted molar refractivity (Wildman–Crippen MR) is 77.5 cm³/mol. The average Bonchev–Trinajstić information content (AvgIpc) is 2.36. The van der Waals surface area contributed by atoms with Gasteiger partial charge in [-0.2, -0.15) is 0 Å². The lowest BCUT2D eigenvalue weighted by Crippen LogP contribution is -2.53. The van der Waals surface area contributed by atoms with Crippen LogP contribution in [0.3, 0.4) is 0 Å². The standard InChI is InChI=1S/C14H25N3O4/c1-14(2,3)10(7-11(18)19)16-13(21)17-6-4-5-9(8-17)12(15)20/h9-10H,4-8H2,1-3H3,(H2,15,20)(H,16,21)(H,18,19). The smallest absolute Gasteiger partial charge is 0.317 e. The Morgan fingerprint density at radius 3 is 2.48 bits per heavy atom. The molecule has 1 aliphatic rings. The molecule has 2 atom stereocenters. The number of carboxylic acid groups (broad SMARTS) is 1. The van der Waals surface area contributed by atoms with Gasteiger partial charge < -0.3 is 21.1 Å². The van der Waals surface area contributed by atoms with Crippen LogP contribution in [-0.4, -0.2) is 47.0 Å². The maximum atomic E-state index is 12.3. The molecule has 1 heterocycles. The topological polar surface area (TPSA) is 113 Å². The number of nitrogens with one attached hydrogen (secondary N) is 1. The third-order valence-electron chi connectivity index (χ3n) is 3.83. The lowest BCUT2D eigenvalue weighted by molar-refractivity contribution is -0.138. The van der Waals surface area contributed by atoms with Crippen LogP contribution < -0.4 is 11.1 Å². The van der Waals surface area contributed by atoms with Crippen molar-refractivity contribution in [2.75, 3.05) is 13.1 Å². The minimum atomic E-state index is -0.955. The maximum Gasteiger partial charge on any atom is 0.317 e. The number of hydrogen-bond acceptors (Lipinski definition) is 3. The molecule has 1 fully saturated rings. The molecule has 0 aromatic heterocycles. The van der Waals surface area contributed by atoms with Crippen LogP contribution in [0.2, 0.25) is 0 Å². The number of carbonyl (C=O) groups excluding carboxylic acids is 2. The van der Waals surface area contributed by atoms with Crippen LogP contribution in [0.15, 0.2) is 0 Å². The van der Waals surface area contributed by atoms with Crippen molar-refractivity contribution in [3.8, 4) is 0 Å². The Morgan fingerprint density at radius 2 is 2.00 bits per heavy atom. The summed E-state index contributed by atoms with van der Waals surface area (Å²) >= 11 is 0. The third-order valence-corrected chi connectivity index (χ3v) is 3.83. The predicted octanol–water partition coefficient (Wildman–Crippen LogP) is 0.783. The number of piperidine rings is 1. The van der Waals surface area contributed by atoms with E-state index < -0.39 is 17.9 Å². The minimum Gasteiger partial charge on any atom is -0.481 e. The number of nitrogens with zero attached hydrogens (tertiary/aromatic N) is 1. The van der Waals surface area contributed by atoms with Crippen molar-refractivity contribution in [2.24, 2.45) is 17.1 Å². The molecule has 0 aromatic rings. The number of rotatable bonds is 4. The summed E-state index contributed by atoms with van der Waals surface area (Å²) in [4.78, 5) is 36.0. The summed E-state index contributed by atoms with van der Waals surface area (Å²) in [6, 6.07) is -0.807. The molecule has 0 saturated carbocycles. The van der Waals surface area contributed by atoms with Gasteiger partial charge in [-0.3, -0.25) is 9.59 Å². The summed E-state index contributed by atoms with van der Waals surface area (Å²) in [6.45, 7) is 6.49. The Hall–Kier alpha value is -1.79. The summed E-state index contributed by atoms with van der Waals surface area (Å²) < 4.78 is 0. The first kappa shape index (κ1) is 17.3. The highest BCUT2D eigenvalue weighted by molar-refractivity contribution is 5.80. The van der Waals surface area contributed by atoms with Gasteiger partial charge in [0.1, 0.15) is 0 Å². The van der Waals surface area contributed by atoms with Gasteiger partial charge in [0.15, 0.2) is 0 Å². The van der Waals surface area contributed by atoms with E-state index in [0.717, 1.165) is 6.42 Å². The first-order chi connectivity index (χ1) is 9.61. The minimum absolute atomic E-state index is 0.137. The van der Waals surface area contributed by atoms with Crippen LogP contribution in [0, 0.1) is 11.3 Å². The molecule has 21 heavy (non-hydrogen) atoms. The molecule has 0 spiro atoms. The van der Waals surface area contributed by atoms with Gasteiger partial charge in [-0.1, -0.05) is 20.8 Å². The van der Waals surface area contributed by atoms with Gasteiger partial charge in [0.25, 0.3) is 0 Å². The number of likely N-dealkylation sites (tertiary alicyclic amines) is 1. The second-order valence-electron chi connectivity index (χ2n) is 6.65. The SMILES string of the molecule is CC(C)(C)C(CC(=O)O)NC(=O)N1CCCC(C(N)=O)C1. The van der Waals surface area contributed by atoms with Gasteiger partial charge in [-0.25, -0.2) is 4.79 Å². The number of aliphatic carboxylic acids is 1. The van der Waals surface area contributed by atoms with Crippen molar-refractivity contribution in [1.29, 1.82) is 0 Å². The second kappa shape index (κ2) is 6.78. The largest absolute Gasteiger partial charge is 0.481 e. The van der Waals surface area contributed by atoms with Gasteiger partial charge in [-0.05, 0) is 18.3 Å². The van der Waals surface area contributed by atoms with E-state index in [1.54, 1.807) is 4.90 Å². The first-order valence-corrected chi connectivity index (χ1v) is 7.18. The van der Waals surface area contributed by atoms with E-state index in [2.05, 4.69) is 5.32 Å². The highest BCUT2D eigenvalue weighted by atomic mass is 16.4. The molecule has 0 aromatic carbocycles. The third kappa shape index (κ3) is 5.24. The Labute approximate surface area is 124 Å². The molecule has 0 bridgehead atoms. The summed E-state index contributed by atoms with van der Waals surface area (Å²) in [5.74, 6) is -1.67. The summed E-state index contributed by atoms with van der Waals surface area (Å²) in [5, 5.41) is 11.7. The van der Waals surface area contributed by atoms with E-state index in [1.807, 2.05) is 20.8 Å². The fraction of sp³-hybridized carbons (Fsp3) is 0.786. The zero-order valence-corrected chi connectivity index (χ0v) is 12.9. The highest BCUT2D eigenvalue weighted by Crippen LogP contribution is 2.23. The normalized spacial score (nSPS) is 20.7. The highest BCUT2D eigenvalue weighted by Gasteiger charge is 2.32. The lowest BCUT2D eigenvalue weighted by Gasteiger charge is -2.35. The number of hydrogen-bond donors (Lipinski definition) is 3. The number of carbonyl (C=O) groups is 3. The van der Waals surface area contributed by atoms with Crippen molar-refractivity contribution in [3.63, 3.8) is 0 Å². The van der Waals surface area contributed by atoms with Crippen LogP contribution in [0.4, 0.5) is 4.79 Å². The number of primary amides is 1. The van der Waals surface area contributed by atoms with Crippen molar-refractivity contribution in [1.82, 2.24) is 10.2 Å². The molecule has 1 saturated heterocycles. The van der Waals surface area contributed by atoms with Crippen LogP contribution in [-0.2, 0) is 9.59 Å². The van der Waals surface area contributed by atoms with Crippen LogP contribution in [0.5, 0.6) is 0 Å². The molecule has 120 valence electrons. The molecule has 1 rings (SSSR count). The van der Waals surface area contributed by atoms with Crippen molar-refractivity contribution >= 4 is 17.9 Å². The monoisotopic (exact) mass is 299 g/mol. The fourth-order valence-corrected chi connectivity index (χ4v) is 2.38.